The molecule has 1 aromatic carbocycles. The molecular formula is C13H11ClO4S2. The number of halogens is 1. The summed E-state index contributed by atoms with van der Waals surface area (Å²) in [4.78, 5) is 12.3. The van der Waals surface area contributed by atoms with Gasteiger partial charge in [-0.3, -0.25) is 4.79 Å². The topological polar surface area (TPSA) is 60.4 Å². The van der Waals surface area contributed by atoms with Crippen LogP contribution in [0.25, 0.3) is 0 Å². The lowest BCUT2D eigenvalue weighted by atomic mass is 10.3. The van der Waals surface area contributed by atoms with Crippen molar-refractivity contribution < 1.29 is 17.9 Å². The average Bonchev–Trinajstić information content (AvgIpc) is 2.85. The molecule has 0 aliphatic rings. The van der Waals surface area contributed by atoms with Gasteiger partial charge in [-0.25, -0.2) is 8.42 Å². The summed E-state index contributed by atoms with van der Waals surface area (Å²) < 4.78 is 29.8. The normalized spacial score (nSPS) is 11.3. The van der Waals surface area contributed by atoms with E-state index in [2.05, 4.69) is 0 Å². The summed E-state index contributed by atoms with van der Waals surface area (Å²) in [5, 5.41) is 0. The van der Waals surface area contributed by atoms with Gasteiger partial charge >= 0.3 is 0 Å². The van der Waals surface area contributed by atoms with Gasteiger partial charge < -0.3 is 4.74 Å². The molecule has 0 spiro atoms. The highest BCUT2D eigenvalue weighted by molar-refractivity contribution is 7.92. The number of hydrogen-bond donors (Lipinski definition) is 0. The van der Waals surface area contributed by atoms with E-state index < -0.39 is 21.4 Å². The third-order valence-electron chi connectivity index (χ3n) is 2.57. The smallest absolute Gasteiger partial charge is 0.188 e. The van der Waals surface area contributed by atoms with Crippen LogP contribution in [0, 0.1) is 0 Å². The Morgan fingerprint density at radius 3 is 2.65 bits per heavy atom. The third kappa shape index (κ3) is 3.39. The van der Waals surface area contributed by atoms with Crippen LogP contribution < -0.4 is 4.74 Å². The van der Waals surface area contributed by atoms with Crippen LogP contribution in [0.15, 0.2) is 41.3 Å². The van der Waals surface area contributed by atoms with Gasteiger partial charge in [0.15, 0.2) is 15.6 Å². The maximum Gasteiger partial charge on any atom is 0.188 e. The van der Waals surface area contributed by atoms with Crippen LogP contribution in [-0.4, -0.2) is 27.1 Å². The summed E-state index contributed by atoms with van der Waals surface area (Å²) in [6.45, 7) is 0. The molecule has 4 nitrogen and oxygen atoms in total. The molecule has 1 heterocycles. The van der Waals surface area contributed by atoms with Gasteiger partial charge in [-0.2, -0.15) is 0 Å². The quantitative estimate of drug-likeness (QED) is 0.790. The number of Topliss-reactive ketones (excluding diaryl/α,β-unsaturated/α-hetero) is 1. The van der Waals surface area contributed by atoms with Crippen LogP contribution in [0.3, 0.4) is 0 Å². The zero-order valence-electron chi connectivity index (χ0n) is 10.5. The monoisotopic (exact) mass is 330 g/mol. The molecular weight excluding hydrogens is 320 g/mol. The van der Waals surface area contributed by atoms with Crippen LogP contribution in [0.4, 0.5) is 0 Å². The first kappa shape index (κ1) is 15.0. The Bertz CT molecular complexity index is 734. The lowest BCUT2D eigenvalue weighted by Crippen LogP contribution is -2.15. The van der Waals surface area contributed by atoms with E-state index in [-0.39, 0.29) is 4.90 Å². The predicted octanol–water partition coefficient (Wildman–Crippen LogP) is 3.07. The van der Waals surface area contributed by atoms with E-state index in [1.165, 1.54) is 25.3 Å². The van der Waals surface area contributed by atoms with Gasteiger partial charge in [-0.05, 0) is 30.3 Å². The van der Waals surface area contributed by atoms with Crippen molar-refractivity contribution in [1.29, 1.82) is 0 Å². The van der Waals surface area contributed by atoms with Gasteiger partial charge in [0.25, 0.3) is 0 Å². The Kier molecular flexibility index (Phi) is 4.47. The van der Waals surface area contributed by atoms with Crippen molar-refractivity contribution in [2.24, 2.45) is 0 Å². The van der Waals surface area contributed by atoms with Crippen molar-refractivity contribution in [1.82, 2.24) is 0 Å². The molecule has 2 aromatic rings. The molecule has 0 unspecified atom stereocenters. The zero-order chi connectivity index (χ0) is 14.8. The number of hydrogen-bond acceptors (Lipinski definition) is 5. The molecule has 1 aromatic heterocycles. The van der Waals surface area contributed by atoms with Gasteiger partial charge in [0.2, 0.25) is 0 Å². The zero-order valence-corrected chi connectivity index (χ0v) is 12.9. The predicted molar refractivity (Wildman–Crippen MR) is 78.7 cm³/mol. The van der Waals surface area contributed by atoms with Crippen molar-refractivity contribution in [3.63, 3.8) is 0 Å². The van der Waals surface area contributed by atoms with Gasteiger partial charge in [-0.1, -0.05) is 17.7 Å². The first-order chi connectivity index (χ1) is 9.42. The van der Waals surface area contributed by atoms with Crippen LogP contribution in [-0.2, 0) is 9.84 Å². The number of rotatable bonds is 5. The minimum atomic E-state index is -3.70. The second-order valence-corrected chi connectivity index (χ2v) is 7.67. The lowest BCUT2D eigenvalue weighted by Gasteiger charge is -2.05. The summed E-state index contributed by atoms with van der Waals surface area (Å²) >= 11 is 6.80. The van der Waals surface area contributed by atoms with E-state index in [1.807, 2.05) is 0 Å². The molecule has 0 aliphatic carbocycles. The van der Waals surface area contributed by atoms with Gasteiger partial charge in [0, 0.05) is 0 Å². The number of benzene rings is 1. The minimum Gasteiger partial charge on any atom is -0.497 e. The van der Waals surface area contributed by atoms with Crippen LogP contribution in [0.1, 0.15) is 9.67 Å². The van der Waals surface area contributed by atoms with Gasteiger partial charge in [0.1, 0.15) is 11.5 Å². The van der Waals surface area contributed by atoms with E-state index in [4.69, 9.17) is 16.3 Å². The van der Waals surface area contributed by atoms with E-state index in [0.29, 0.717) is 15.0 Å². The molecule has 0 radical (unpaired) electrons. The van der Waals surface area contributed by atoms with E-state index >= 15 is 0 Å². The Hall–Kier alpha value is -1.37. The molecule has 0 saturated carbocycles. The van der Waals surface area contributed by atoms with Crippen molar-refractivity contribution in [3.8, 4) is 5.75 Å². The Morgan fingerprint density at radius 1 is 1.30 bits per heavy atom. The molecule has 2 rings (SSSR count). The maximum absolute atomic E-state index is 12.2. The van der Waals surface area contributed by atoms with E-state index in [1.54, 1.807) is 18.2 Å². The lowest BCUT2D eigenvalue weighted by molar-refractivity contribution is 0.102. The largest absolute Gasteiger partial charge is 0.497 e. The molecule has 106 valence electrons. The van der Waals surface area contributed by atoms with Crippen LogP contribution in [0.2, 0.25) is 4.34 Å². The fourth-order valence-corrected chi connectivity index (χ4v) is 3.91. The average molecular weight is 331 g/mol. The van der Waals surface area contributed by atoms with E-state index in [0.717, 1.165) is 11.3 Å². The molecule has 0 aliphatic heterocycles. The second kappa shape index (κ2) is 5.95. The molecule has 0 saturated heterocycles. The van der Waals surface area contributed by atoms with Gasteiger partial charge in [-0.15, -0.1) is 11.3 Å². The molecule has 0 amide bonds. The summed E-state index contributed by atoms with van der Waals surface area (Å²) in [5.74, 6) is -0.626. The first-order valence-corrected chi connectivity index (χ1v) is 8.42. The summed E-state index contributed by atoms with van der Waals surface area (Å²) in [6, 6.07) is 9.13. The third-order valence-corrected chi connectivity index (χ3v) is 5.46. The molecule has 0 N–H and O–H groups in total. The fourth-order valence-electron chi connectivity index (χ4n) is 1.59. The van der Waals surface area contributed by atoms with Crippen molar-refractivity contribution in [3.05, 3.63) is 45.6 Å². The second-order valence-electron chi connectivity index (χ2n) is 3.97. The van der Waals surface area contributed by atoms with Crippen LogP contribution in [0.5, 0.6) is 5.75 Å². The van der Waals surface area contributed by atoms with E-state index in [9.17, 15) is 13.2 Å². The molecule has 0 fully saturated rings. The summed E-state index contributed by atoms with van der Waals surface area (Å²) in [5.41, 5.74) is 0. The molecule has 0 bridgehead atoms. The van der Waals surface area contributed by atoms with Gasteiger partial charge in [0.05, 0.1) is 21.2 Å². The molecule has 7 heteroatoms. The number of ketones is 1. The SMILES string of the molecule is COc1cccc(S(=O)(=O)CC(=O)c2ccc(Cl)s2)c1. The number of carbonyl (C=O) groups excluding carboxylic acids is 1. The molecule has 20 heavy (non-hydrogen) atoms. The number of thiophene rings is 1. The highest BCUT2D eigenvalue weighted by Crippen LogP contribution is 2.24. The van der Waals surface area contributed by atoms with Crippen molar-refractivity contribution in [2.45, 2.75) is 4.90 Å². The Morgan fingerprint density at radius 2 is 2.05 bits per heavy atom. The minimum absolute atomic E-state index is 0.0628. The first-order valence-electron chi connectivity index (χ1n) is 5.58. The highest BCUT2D eigenvalue weighted by Gasteiger charge is 2.21. The van der Waals surface area contributed by atoms with Crippen molar-refractivity contribution >= 4 is 38.6 Å². The van der Waals surface area contributed by atoms with Crippen LogP contribution >= 0.6 is 22.9 Å². The maximum atomic E-state index is 12.2. The molecule has 0 atom stereocenters. The number of ether oxygens (including phenoxy) is 1. The standard InChI is InChI=1S/C13H11ClO4S2/c1-18-9-3-2-4-10(7-9)20(16,17)8-11(15)12-5-6-13(14)19-12/h2-7H,8H2,1H3. The van der Waals surface area contributed by atoms with Crippen molar-refractivity contribution in [2.75, 3.05) is 12.9 Å². The number of sulfone groups is 1. The fraction of sp³-hybridized carbons (Fsp3) is 0.154. The number of methoxy groups -OCH3 is 1. The highest BCUT2D eigenvalue weighted by atomic mass is 35.5. The Balaban J connectivity index is 2.24. The number of carbonyl (C=O) groups is 1. The summed E-state index contributed by atoms with van der Waals surface area (Å²) in [6.07, 6.45) is 0. The Labute approximate surface area is 125 Å². The summed E-state index contributed by atoms with van der Waals surface area (Å²) in [7, 11) is -2.25.